The van der Waals surface area contributed by atoms with Gasteiger partial charge in [0.1, 0.15) is 5.69 Å². The fourth-order valence-corrected chi connectivity index (χ4v) is 12.9. The summed E-state index contributed by atoms with van der Waals surface area (Å²) in [5, 5.41) is 42.8. The lowest BCUT2D eigenvalue weighted by molar-refractivity contribution is -0.138. The Labute approximate surface area is 612 Å². The highest BCUT2D eigenvalue weighted by atomic mass is 35.5. The maximum absolute atomic E-state index is 12.8. The van der Waals surface area contributed by atoms with E-state index in [4.69, 9.17) is 22.4 Å². The van der Waals surface area contributed by atoms with Crippen LogP contribution >= 0.6 is 34.3 Å². The number of benzene rings is 9. The molecule has 0 bridgehead atoms. The number of nitrogens with zero attached hydrogens (tertiary/aromatic N) is 9. The van der Waals surface area contributed by atoms with Gasteiger partial charge in [-0.15, -0.1) is 22.7 Å². The van der Waals surface area contributed by atoms with Crippen LogP contribution in [0.5, 0.6) is 0 Å². The van der Waals surface area contributed by atoms with E-state index >= 15 is 0 Å². The number of rotatable bonds is 16. The van der Waals surface area contributed by atoms with Gasteiger partial charge in [0, 0.05) is 33.5 Å². The van der Waals surface area contributed by atoms with Crippen LogP contribution in [0.4, 0.5) is 62.8 Å². The molecule has 6 aromatic heterocycles. The number of nitrogen functional groups attached to an aromatic ring is 1. The number of thiazole rings is 1. The van der Waals surface area contributed by atoms with Crippen molar-refractivity contribution in [1.29, 1.82) is 0 Å². The first-order chi connectivity index (χ1) is 50.8. The number of amides is 2. The van der Waals surface area contributed by atoms with Crippen LogP contribution in [0.1, 0.15) is 81.4 Å². The number of carbonyl (C=O) groups excluding carboxylic acids is 2. The molecule has 0 saturated heterocycles. The van der Waals surface area contributed by atoms with Crippen LogP contribution in [-0.4, -0.2) is 61.0 Å². The maximum atomic E-state index is 12.8. The number of aryl methyl sites for hydroxylation is 2. The summed E-state index contributed by atoms with van der Waals surface area (Å²) in [5.41, 5.74) is 14.9. The van der Waals surface area contributed by atoms with Crippen molar-refractivity contribution >= 4 is 113 Å². The number of alkyl halides is 9. The number of hydrogen-bond acceptors (Lipinski definition) is 12. The van der Waals surface area contributed by atoms with Crippen molar-refractivity contribution < 1.29 is 54.2 Å². The predicted octanol–water partition coefficient (Wildman–Crippen LogP) is 19.4. The largest absolute Gasteiger partial charge is 0.416 e. The molecule has 0 aliphatic rings. The fraction of sp³-hybridized carbons (Fsp3) is 0.141. The summed E-state index contributed by atoms with van der Waals surface area (Å²) >= 11 is 8.27. The van der Waals surface area contributed by atoms with Gasteiger partial charge in [-0.25, -0.2) is 4.98 Å². The van der Waals surface area contributed by atoms with Gasteiger partial charge < -0.3 is 26.8 Å². The summed E-state index contributed by atoms with van der Waals surface area (Å²) in [4.78, 5) is 29.5. The first-order valence-electron chi connectivity index (χ1n) is 32.6. The molecule has 0 unspecified atom stereocenters. The number of aliphatic hydroxyl groups excluding tert-OH is 1. The highest BCUT2D eigenvalue weighted by molar-refractivity contribution is 7.14. The minimum atomic E-state index is -4.38. The van der Waals surface area contributed by atoms with Gasteiger partial charge in [-0.1, -0.05) is 151 Å². The Balaban J connectivity index is 0.000000134. The number of fused-ring (bicyclic) bond motifs is 4. The number of para-hydroxylation sites is 4. The number of thiophene rings is 1. The molecule has 28 heteroatoms. The van der Waals surface area contributed by atoms with Crippen LogP contribution in [0.2, 0.25) is 4.47 Å². The summed E-state index contributed by atoms with van der Waals surface area (Å²) in [7, 11) is 0. The van der Waals surface area contributed by atoms with Crippen LogP contribution in [0.15, 0.2) is 235 Å². The molecule has 2 amide bonds. The molecule has 0 spiro atoms. The van der Waals surface area contributed by atoms with E-state index in [0.29, 0.717) is 58.5 Å². The topological polar surface area (TPSA) is 201 Å². The third-order valence-electron chi connectivity index (χ3n) is 16.9. The minimum Gasteiger partial charge on any atom is -0.392 e. The highest BCUT2D eigenvalue weighted by Crippen LogP contribution is 2.34. The third-order valence-corrected chi connectivity index (χ3v) is 18.9. The van der Waals surface area contributed by atoms with E-state index in [9.17, 15) is 49.1 Å². The van der Waals surface area contributed by atoms with Crippen LogP contribution in [0.25, 0.3) is 43.6 Å². The smallest absolute Gasteiger partial charge is 0.392 e. The van der Waals surface area contributed by atoms with Crippen molar-refractivity contribution in [1.82, 2.24) is 44.1 Å². The molecule has 0 fully saturated rings. The molecular formula is C78H63ClF9N13O3S2. The lowest BCUT2D eigenvalue weighted by atomic mass is 10.1. The number of nitrogens with two attached hydrogens (primary N) is 1. The molecule has 6 N–H and O–H groups in total. The molecule has 9 aromatic carbocycles. The van der Waals surface area contributed by atoms with Crippen molar-refractivity contribution in [2.75, 3.05) is 21.7 Å². The molecule has 540 valence electrons. The van der Waals surface area contributed by atoms with Gasteiger partial charge in [-0.3, -0.25) is 28.3 Å². The van der Waals surface area contributed by atoms with Crippen molar-refractivity contribution in [2.45, 2.75) is 71.7 Å². The molecule has 16 nitrogen and oxygen atoms in total. The summed E-state index contributed by atoms with van der Waals surface area (Å²) in [6.07, 6.45) is -13.1. The molecule has 0 aliphatic carbocycles. The number of hydrogen-bond donors (Lipinski definition) is 5. The van der Waals surface area contributed by atoms with Crippen LogP contribution < -0.4 is 21.7 Å². The summed E-state index contributed by atoms with van der Waals surface area (Å²) in [6.45, 7) is 6.22. The molecule has 15 aromatic rings. The second-order valence-corrected chi connectivity index (χ2v) is 26.7. The Bertz CT molecular complexity index is 5540. The molecule has 0 aliphatic heterocycles. The quantitative estimate of drug-likeness (QED) is 0.0580. The Hall–Kier alpha value is -11.7. The fourth-order valence-electron chi connectivity index (χ4n) is 11.4. The number of aromatic nitrogens is 9. The molecule has 6 heterocycles. The average molecular weight is 1500 g/mol. The van der Waals surface area contributed by atoms with Crippen molar-refractivity contribution in [3.05, 3.63) is 311 Å². The van der Waals surface area contributed by atoms with Crippen molar-refractivity contribution in [3.8, 4) is 0 Å². The lowest BCUT2D eigenvalue weighted by Gasteiger charge is -2.08. The van der Waals surface area contributed by atoms with E-state index in [-0.39, 0.29) is 35.8 Å². The predicted molar refractivity (Wildman–Crippen MR) is 397 cm³/mol. The Morgan fingerprint density at radius 3 is 1.20 bits per heavy atom. The molecule has 0 atom stereocenters. The van der Waals surface area contributed by atoms with Crippen LogP contribution in [0, 0.1) is 13.8 Å². The zero-order chi connectivity index (χ0) is 74.9. The monoisotopic (exact) mass is 1500 g/mol. The van der Waals surface area contributed by atoms with Crippen molar-refractivity contribution in [2.24, 2.45) is 0 Å². The lowest BCUT2D eigenvalue weighted by Crippen LogP contribution is -2.13. The number of aliphatic hydroxyl groups is 1. The van der Waals surface area contributed by atoms with Crippen LogP contribution in [-0.2, 0) is 57.9 Å². The molecule has 15 rings (SSSR count). The first kappa shape index (κ1) is 74.1. The van der Waals surface area contributed by atoms with Crippen molar-refractivity contribution in [3.63, 3.8) is 0 Å². The van der Waals surface area contributed by atoms with Gasteiger partial charge in [0.2, 0.25) is 0 Å². The normalized spacial score (nSPS) is 11.6. The number of anilines is 4. The average Bonchev–Trinajstić information content (AvgIpc) is 1.65. The zero-order valence-corrected chi connectivity index (χ0v) is 58.6. The summed E-state index contributed by atoms with van der Waals surface area (Å²) in [5.74, 6) is 1.39. The highest BCUT2D eigenvalue weighted by Gasteiger charge is 2.32. The van der Waals surface area contributed by atoms with Gasteiger partial charge in [0.25, 0.3) is 11.8 Å². The van der Waals surface area contributed by atoms with Gasteiger partial charge in [-0.2, -0.15) is 59.9 Å². The van der Waals surface area contributed by atoms with Gasteiger partial charge in [0.05, 0.1) is 76.4 Å². The van der Waals surface area contributed by atoms with E-state index in [1.165, 1.54) is 53.3 Å². The number of halogens is 10. The Kier molecular flexibility index (Phi) is 22.5. The Morgan fingerprint density at radius 1 is 0.443 bits per heavy atom. The molecular weight excluding hydrogens is 1440 g/mol. The van der Waals surface area contributed by atoms with Crippen LogP contribution in [0.3, 0.4) is 0 Å². The zero-order valence-electron chi connectivity index (χ0n) is 56.2. The SMILES string of the molecule is Cc1ccc(CNc2nn(Cc3ccc(C(F)(F)F)cc3)c3ccccc23)cc1.Cc1ccsc1C(=O)Nc1nn(Cc2ccc(C(F)(F)F)cc2)c2ccccc12.Nc1nn(Cc2ccc(CO)cc2)c2ccccc12.O=C(Nc1nn(Cc2ccc(C(F)(F)F)cc2)c2ccccc12)c1csc(Cl)n1. The van der Waals surface area contributed by atoms with E-state index in [0.717, 1.165) is 120 Å². The number of carbonyl (C=O) groups is 2. The third kappa shape index (κ3) is 18.1. The Morgan fingerprint density at radius 2 is 0.802 bits per heavy atom. The molecule has 106 heavy (non-hydrogen) atoms. The second-order valence-electron chi connectivity index (χ2n) is 24.4. The van der Waals surface area contributed by atoms with E-state index in [2.05, 4.69) is 65.6 Å². The first-order valence-corrected chi connectivity index (χ1v) is 34.8. The van der Waals surface area contributed by atoms with Gasteiger partial charge >= 0.3 is 18.5 Å². The van der Waals surface area contributed by atoms with E-state index in [1.807, 2.05) is 150 Å². The molecule has 0 radical (unpaired) electrons. The maximum Gasteiger partial charge on any atom is 0.416 e. The van der Waals surface area contributed by atoms with Gasteiger partial charge in [-0.05, 0) is 149 Å². The van der Waals surface area contributed by atoms with E-state index in [1.54, 1.807) is 20.8 Å². The number of nitrogens with one attached hydrogen (secondary N) is 3. The second kappa shape index (κ2) is 32.2. The minimum absolute atomic E-state index is 0.0674. The standard InChI is InChI=1S/C23H20F3N3.C21H16F3N3OS.C19H12ClF3N4OS.C15H15N3O/c1-16-6-8-17(9-7-16)14-27-22-20-4-2-3-5-21(20)29(28-22)15-18-10-12-19(13-11-18)23(24,25)26;1-13-10-11-29-18(13)20(28)25-19-16-4-2-3-5-17(16)27(26-19)12-14-6-8-15(9-7-14)21(22,23)24;20-18-24-14(10-29-18)17(28)25-16-13-3-1-2-4-15(13)27(26-16)9-11-5-7-12(8-6-11)19(21,22)23;16-15-13-3-1-2-4-14(13)18(17-15)9-11-5-7-12(10-19)8-6-11/h2-13H,14-15H2,1H3,(H,27,28);2-11H,12H2,1H3,(H,25,26,28);1-8,10H,9H2,(H,25,26,28);1-8,19H,9-10H2,(H2,16,17). The summed E-state index contributed by atoms with van der Waals surface area (Å²) in [6, 6.07) is 63.5. The van der Waals surface area contributed by atoms with E-state index < -0.39 is 41.1 Å². The van der Waals surface area contributed by atoms with Gasteiger partial charge in [0.15, 0.2) is 27.7 Å². The molecule has 0 saturated carbocycles. The summed E-state index contributed by atoms with van der Waals surface area (Å²) < 4.78 is 122.